The van der Waals surface area contributed by atoms with Gasteiger partial charge in [0.05, 0.1) is 5.60 Å². The summed E-state index contributed by atoms with van der Waals surface area (Å²) in [7, 11) is 3.50. The molecule has 0 aliphatic carbocycles. The van der Waals surface area contributed by atoms with Crippen molar-refractivity contribution in [3.8, 4) is 0 Å². The highest BCUT2D eigenvalue weighted by Gasteiger charge is 2.29. The van der Waals surface area contributed by atoms with E-state index in [1.807, 2.05) is 0 Å². The van der Waals surface area contributed by atoms with E-state index in [9.17, 15) is 4.79 Å². The van der Waals surface area contributed by atoms with Crippen molar-refractivity contribution in [2.24, 2.45) is 0 Å². The van der Waals surface area contributed by atoms with Gasteiger partial charge in [-0.3, -0.25) is 0 Å². The van der Waals surface area contributed by atoms with E-state index >= 15 is 0 Å². The number of hydrogen-bond acceptors (Lipinski definition) is 2. The number of rotatable bonds is 1. The summed E-state index contributed by atoms with van der Waals surface area (Å²) in [6.45, 7) is 4.84. The summed E-state index contributed by atoms with van der Waals surface area (Å²) >= 11 is 0. The average molecular weight is 200 g/mol. The molecule has 0 aromatic heterocycles. The first-order valence-corrected chi connectivity index (χ1v) is 5.02. The van der Waals surface area contributed by atoms with Crippen molar-refractivity contribution < 1.29 is 9.53 Å². The van der Waals surface area contributed by atoms with Gasteiger partial charge in [-0.05, 0) is 26.7 Å². The third-order valence-electron chi connectivity index (χ3n) is 2.43. The van der Waals surface area contributed by atoms with Crippen LogP contribution in [0.15, 0.2) is 0 Å². The molecule has 1 rings (SSSR count). The molecule has 0 aromatic rings. The van der Waals surface area contributed by atoms with Gasteiger partial charge in [-0.2, -0.15) is 0 Å². The second-order valence-corrected chi connectivity index (χ2v) is 4.64. The largest absolute Gasteiger partial charge is 0.375 e. The number of nitrogens with zero attached hydrogens (tertiary/aromatic N) is 1. The van der Waals surface area contributed by atoms with Crippen molar-refractivity contribution >= 4 is 6.03 Å². The van der Waals surface area contributed by atoms with E-state index in [1.54, 1.807) is 19.0 Å². The number of nitrogens with one attached hydrogen (secondary N) is 1. The lowest BCUT2D eigenvalue weighted by Crippen LogP contribution is -2.48. The van der Waals surface area contributed by atoms with Crippen LogP contribution >= 0.6 is 0 Å². The maximum Gasteiger partial charge on any atom is 0.317 e. The Morgan fingerprint density at radius 3 is 2.64 bits per heavy atom. The van der Waals surface area contributed by atoms with Crippen molar-refractivity contribution in [1.29, 1.82) is 0 Å². The molecule has 1 heterocycles. The summed E-state index contributed by atoms with van der Waals surface area (Å²) in [6.07, 6.45) is 1.79. The number of carbonyl (C=O) groups is 1. The quantitative estimate of drug-likeness (QED) is 0.691. The van der Waals surface area contributed by atoms with Gasteiger partial charge in [0.25, 0.3) is 0 Å². The van der Waals surface area contributed by atoms with Crippen molar-refractivity contribution in [3.63, 3.8) is 0 Å². The molecule has 2 amide bonds. The topological polar surface area (TPSA) is 41.6 Å². The Hall–Kier alpha value is -0.770. The van der Waals surface area contributed by atoms with E-state index in [1.165, 1.54) is 0 Å². The number of carbonyl (C=O) groups excluding carboxylic acids is 1. The third kappa shape index (κ3) is 3.18. The van der Waals surface area contributed by atoms with Gasteiger partial charge in [0, 0.05) is 26.7 Å². The van der Waals surface area contributed by atoms with E-state index in [4.69, 9.17) is 4.74 Å². The van der Waals surface area contributed by atoms with E-state index in [2.05, 4.69) is 19.2 Å². The van der Waals surface area contributed by atoms with Crippen LogP contribution in [0.3, 0.4) is 0 Å². The molecule has 82 valence electrons. The predicted octanol–water partition coefficient (Wildman–Crippen LogP) is 1.22. The summed E-state index contributed by atoms with van der Waals surface area (Å²) in [5.41, 5.74) is -0.109. The molecule has 14 heavy (non-hydrogen) atoms. The average Bonchev–Trinajstić information content (AvgIpc) is 2.01. The monoisotopic (exact) mass is 200 g/mol. The lowest BCUT2D eigenvalue weighted by atomic mass is 9.94. The molecular formula is C10H20N2O2. The molecule has 1 atom stereocenters. The van der Waals surface area contributed by atoms with Gasteiger partial charge in [0.15, 0.2) is 0 Å². The molecule has 0 bridgehead atoms. The molecule has 4 nitrogen and oxygen atoms in total. The maximum atomic E-state index is 11.4. The second-order valence-electron chi connectivity index (χ2n) is 4.64. The zero-order chi connectivity index (χ0) is 10.8. The fourth-order valence-electron chi connectivity index (χ4n) is 1.66. The van der Waals surface area contributed by atoms with E-state index in [0.29, 0.717) is 0 Å². The Morgan fingerprint density at radius 2 is 2.14 bits per heavy atom. The Labute approximate surface area is 85.6 Å². The van der Waals surface area contributed by atoms with Crippen LogP contribution in [-0.2, 0) is 4.74 Å². The Kier molecular flexibility index (Phi) is 3.37. The molecule has 1 aliphatic rings. The summed E-state index contributed by atoms with van der Waals surface area (Å²) in [5.74, 6) is 0. The van der Waals surface area contributed by atoms with Gasteiger partial charge in [0.1, 0.15) is 0 Å². The van der Waals surface area contributed by atoms with Crippen LogP contribution in [-0.4, -0.2) is 43.3 Å². The minimum absolute atomic E-state index is 0.0206. The maximum absolute atomic E-state index is 11.4. The van der Waals surface area contributed by atoms with Gasteiger partial charge < -0.3 is 15.0 Å². The summed E-state index contributed by atoms with van der Waals surface area (Å²) < 4.78 is 5.57. The van der Waals surface area contributed by atoms with E-state index in [-0.39, 0.29) is 17.7 Å². The number of amides is 2. The molecule has 0 spiro atoms. The van der Waals surface area contributed by atoms with Crippen molar-refractivity contribution in [1.82, 2.24) is 10.2 Å². The minimum Gasteiger partial charge on any atom is -0.375 e. The van der Waals surface area contributed by atoms with E-state index in [0.717, 1.165) is 19.4 Å². The Morgan fingerprint density at radius 1 is 1.50 bits per heavy atom. The Bertz CT molecular complexity index is 214. The molecule has 1 N–H and O–H groups in total. The van der Waals surface area contributed by atoms with Crippen LogP contribution in [0.1, 0.15) is 26.7 Å². The van der Waals surface area contributed by atoms with Gasteiger partial charge >= 0.3 is 6.03 Å². The van der Waals surface area contributed by atoms with Crippen molar-refractivity contribution in [2.75, 3.05) is 20.7 Å². The first-order valence-electron chi connectivity index (χ1n) is 5.02. The summed E-state index contributed by atoms with van der Waals surface area (Å²) in [4.78, 5) is 13.0. The highest BCUT2D eigenvalue weighted by molar-refractivity contribution is 5.73. The summed E-state index contributed by atoms with van der Waals surface area (Å²) in [5, 5.41) is 2.98. The zero-order valence-corrected chi connectivity index (χ0v) is 9.46. The zero-order valence-electron chi connectivity index (χ0n) is 9.46. The standard InChI is InChI=1S/C10H20N2O2/c1-10(2)7-8(5-6-14-10)11-9(13)12(3)4/h8H,5-7H2,1-4H3,(H,11,13). The molecule has 0 aromatic carbocycles. The lowest BCUT2D eigenvalue weighted by molar-refractivity contribution is -0.0614. The van der Waals surface area contributed by atoms with Crippen molar-refractivity contribution in [2.45, 2.75) is 38.3 Å². The molecule has 1 aliphatic heterocycles. The predicted molar refractivity (Wildman–Crippen MR) is 55.3 cm³/mol. The van der Waals surface area contributed by atoms with Crippen molar-refractivity contribution in [3.05, 3.63) is 0 Å². The Balaban J connectivity index is 2.42. The molecule has 0 radical (unpaired) electrons. The van der Waals surface area contributed by atoms with E-state index < -0.39 is 0 Å². The van der Waals surface area contributed by atoms with Crippen LogP contribution < -0.4 is 5.32 Å². The van der Waals surface area contributed by atoms with Crippen LogP contribution in [0.25, 0.3) is 0 Å². The lowest BCUT2D eigenvalue weighted by Gasteiger charge is -2.36. The summed E-state index contributed by atoms with van der Waals surface area (Å²) in [6, 6.07) is 0.223. The first-order chi connectivity index (χ1) is 6.41. The van der Waals surface area contributed by atoms with Crippen LogP contribution in [0.4, 0.5) is 4.79 Å². The number of ether oxygens (including phenoxy) is 1. The SMILES string of the molecule is CN(C)C(=O)NC1CCOC(C)(C)C1. The third-order valence-corrected chi connectivity index (χ3v) is 2.43. The van der Waals surface area contributed by atoms with Gasteiger partial charge in [-0.1, -0.05) is 0 Å². The fourth-order valence-corrected chi connectivity index (χ4v) is 1.66. The molecular weight excluding hydrogens is 180 g/mol. The molecule has 4 heteroatoms. The number of hydrogen-bond donors (Lipinski definition) is 1. The van der Waals surface area contributed by atoms with Gasteiger partial charge in [0.2, 0.25) is 0 Å². The second kappa shape index (κ2) is 4.17. The van der Waals surface area contributed by atoms with Crippen LogP contribution in [0.2, 0.25) is 0 Å². The highest BCUT2D eigenvalue weighted by atomic mass is 16.5. The minimum atomic E-state index is -0.109. The highest BCUT2D eigenvalue weighted by Crippen LogP contribution is 2.23. The normalized spacial score (nSPS) is 25.6. The molecule has 1 saturated heterocycles. The smallest absolute Gasteiger partial charge is 0.317 e. The van der Waals surface area contributed by atoms with Crippen LogP contribution in [0, 0.1) is 0 Å². The van der Waals surface area contributed by atoms with Gasteiger partial charge in [-0.25, -0.2) is 4.79 Å². The van der Waals surface area contributed by atoms with Crippen LogP contribution in [0.5, 0.6) is 0 Å². The molecule has 1 fully saturated rings. The first kappa shape index (κ1) is 11.3. The molecule has 0 saturated carbocycles. The number of urea groups is 1. The fraction of sp³-hybridized carbons (Fsp3) is 0.900. The molecule has 1 unspecified atom stereocenters. The van der Waals surface area contributed by atoms with Gasteiger partial charge in [-0.15, -0.1) is 0 Å².